The molecular weight excluding hydrogens is 308 g/mol. The Morgan fingerprint density at radius 1 is 1.08 bits per heavy atom. The number of amides is 2. The van der Waals surface area contributed by atoms with Crippen LogP contribution in [0.2, 0.25) is 0 Å². The molecule has 1 N–H and O–H groups in total. The molecule has 6 nitrogen and oxygen atoms in total. The number of ether oxygens (including phenoxy) is 1. The molecule has 0 aromatic heterocycles. The van der Waals surface area contributed by atoms with Crippen LogP contribution in [0.25, 0.3) is 0 Å². The van der Waals surface area contributed by atoms with Crippen LogP contribution in [0.3, 0.4) is 0 Å². The molecule has 1 saturated heterocycles. The van der Waals surface area contributed by atoms with Crippen molar-refractivity contribution in [1.29, 1.82) is 0 Å². The summed E-state index contributed by atoms with van der Waals surface area (Å²) in [6.07, 6.45) is 1.19. The number of hydrogen-bond donors (Lipinski definition) is 1. The van der Waals surface area contributed by atoms with Gasteiger partial charge in [0.05, 0.1) is 24.4 Å². The number of hydroxylamine groups is 1. The molecule has 1 heterocycles. The molecule has 1 radical (unpaired) electrons. The Morgan fingerprint density at radius 2 is 1.75 bits per heavy atom. The van der Waals surface area contributed by atoms with Crippen molar-refractivity contribution in [3.8, 4) is 5.75 Å². The third-order valence-corrected chi connectivity index (χ3v) is 3.68. The van der Waals surface area contributed by atoms with Crippen LogP contribution in [0.1, 0.15) is 6.92 Å². The quantitative estimate of drug-likeness (QED) is 0.675. The molecule has 2 aromatic carbocycles. The van der Waals surface area contributed by atoms with Crippen molar-refractivity contribution in [2.45, 2.75) is 13.0 Å². The van der Waals surface area contributed by atoms with Crippen LogP contribution in [0.15, 0.2) is 54.6 Å². The molecule has 1 atom stereocenters. The molecule has 0 spiro atoms. The molecule has 0 aliphatic carbocycles. The number of imide groups is 1. The van der Waals surface area contributed by atoms with Crippen LogP contribution in [-0.2, 0) is 9.59 Å². The van der Waals surface area contributed by atoms with Crippen molar-refractivity contribution in [2.75, 3.05) is 16.6 Å². The average molecular weight is 325 g/mol. The fraction of sp³-hybridized carbons (Fsp3) is 0.167. The third-order valence-electron chi connectivity index (χ3n) is 3.68. The van der Waals surface area contributed by atoms with E-state index in [1.807, 2.05) is 6.92 Å². The summed E-state index contributed by atoms with van der Waals surface area (Å²) >= 11 is 0. The van der Waals surface area contributed by atoms with Gasteiger partial charge < -0.3 is 4.74 Å². The zero-order valence-electron chi connectivity index (χ0n) is 13.1. The maximum absolute atomic E-state index is 12.7. The van der Waals surface area contributed by atoms with Crippen LogP contribution in [-0.4, -0.2) is 29.7 Å². The second-order valence-electron chi connectivity index (χ2n) is 5.20. The van der Waals surface area contributed by atoms with Gasteiger partial charge in [0.15, 0.2) is 0 Å². The second kappa shape index (κ2) is 6.72. The van der Waals surface area contributed by atoms with Gasteiger partial charge in [0.25, 0.3) is 5.91 Å². The number of carbonyl (C=O) groups is 2. The van der Waals surface area contributed by atoms with Crippen LogP contribution in [0.5, 0.6) is 5.75 Å². The number of benzene rings is 2. The molecular formula is C18H17N2O4. The Labute approximate surface area is 139 Å². The van der Waals surface area contributed by atoms with E-state index < -0.39 is 17.9 Å². The summed E-state index contributed by atoms with van der Waals surface area (Å²) in [6, 6.07) is 14.3. The summed E-state index contributed by atoms with van der Waals surface area (Å²) in [5, 5.41) is 11.1. The molecule has 24 heavy (non-hydrogen) atoms. The Morgan fingerprint density at radius 3 is 2.46 bits per heavy atom. The van der Waals surface area contributed by atoms with E-state index in [-0.39, 0.29) is 0 Å². The maximum Gasteiger partial charge on any atom is 0.260 e. The molecule has 3 rings (SSSR count). The van der Waals surface area contributed by atoms with Crippen molar-refractivity contribution in [2.24, 2.45) is 0 Å². The van der Waals surface area contributed by atoms with Gasteiger partial charge >= 0.3 is 0 Å². The van der Waals surface area contributed by atoms with Crippen molar-refractivity contribution in [3.63, 3.8) is 0 Å². The summed E-state index contributed by atoms with van der Waals surface area (Å²) < 4.78 is 5.49. The molecule has 0 saturated carbocycles. The van der Waals surface area contributed by atoms with Crippen LogP contribution >= 0.6 is 0 Å². The number of anilines is 2. The molecule has 2 amide bonds. The first-order chi connectivity index (χ1) is 11.6. The Kier molecular flexibility index (Phi) is 4.48. The summed E-state index contributed by atoms with van der Waals surface area (Å²) in [5.41, 5.74) is 0.800. The van der Waals surface area contributed by atoms with Gasteiger partial charge in [-0.2, -0.15) is 0 Å². The van der Waals surface area contributed by atoms with Crippen LogP contribution < -0.4 is 14.7 Å². The fourth-order valence-corrected chi connectivity index (χ4v) is 2.60. The van der Waals surface area contributed by atoms with Crippen molar-refractivity contribution < 1.29 is 19.5 Å². The lowest BCUT2D eigenvalue weighted by Crippen LogP contribution is -2.40. The van der Waals surface area contributed by atoms with E-state index in [9.17, 15) is 14.8 Å². The number of rotatable bonds is 5. The average Bonchev–Trinajstić information content (AvgIpc) is 2.90. The van der Waals surface area contributed by atoms with E-state index in [2.05, 4.69) is 0 Å². The first kappa shape index (κ1) is 16.0. The highest BCUT2D eigenvalue weighted by Gasteiger charge is 2.44. The smallest absolute Gasteiger partial charge is 0.260 e. The number of hydrogen-bond acceptors (Lipinski definition) is 5. The monoisotopic (exact) mass is 325 g/mol. The largest absolute Gasteiger partial charge is 0.492 e. The van der Waals surface area contributed by atoms with E-state index in [1.165, 1.54) is 6.42 Å². The minimum atomic E-state index is -1.07. The summed E-state index contributed by atoms with van der Waals surface area (Å²) in [6.45, 7) is 2.24. The predicted octanol–water partition coefficient (Wildman–Crippen LogP) is 2.43. The molecule has 1 fully saturated rings. The fourth-order valence-electron chi connectivity index (χ4n) is 2.60. The lowest BCUT2D eigenvalue weighted by atomic mass is 10.2. The number of carbonyl (C=O) groups excluding carboxylic acids is 2. The zero-order valence-corrected chi connectivity index (χ0v) is 13.1. The normalized spacial score (nSPS) is 17.2. The zero-order chi connectivity index (χ0) is 17.1. The highest BCUT2D eigenvalue weighted by atomic mass is 16.5. The number of para-hydroxylation sites is 3. The predicted molar refractivity (Wildman–Crippen MR) is 88.9 cm³/mol. The van der Waals surface area contributed by atoms with E-state index in [0.717, 1.165) is 9.96 Å². The standard InChI is InChI=1S/C18H17N2O4/c1-2-24-16-11-7-6-10-14(16)19-17(21)12-15(18(19)22)20(23)13-8-4-3-5-9-13/h3-12,15,23H,2H2,1H3. The highest BCUT2D eigenvalue weighted by Crippen LogP contribution is 2.33. The summed E-state index contributed by atoms with van der Waals surface area (Å²) in [4.78, 5) is 26.1. The third kappa shape index (κ3) is 2.83. The van der Waals surface area contributed by atoms with Crippen LogP contribution in [0.4, 0.5) is 11.4 Å². The number of nitrogens with zero attached hydrogens (tertiary/aromatic N) is 2. The minimum Gasteiger partial charge on any atom is -0.492 e. The van der Waals surface area contributed by atoms with E-state index in [4.69, 9.17) is 4.74 Å². The van der Waals surface area contributed by atoms with Gasteiger partial charge in [-0.3, -0.25) is 14.8 Å². The molecule has 0 bridgehead atoms. The maximum atomic E-state index is 12.7. The van der Waals surface area contributed by atoms with Gasteiger partial charge in [-0.25, -0.2) is 9.96 Å². The molecule has 1 unspecified atom stereocenters. The summed E-state index contributed by atoms with van der Waals surface area (Å²) in [7, 11) is 0. The van der Waals surface area contributed by atoms with Crippen molar-refractivity contribution in [1.82, 2.24) is 0 Å². The Bertz CT molecular complexity index is 748. The molecule has 2 aromatic rings. The first-order valence-electron chi connectivity index (χ1n) is 7.61. The van der Waals surface area contributed by atoms with Gasteiger partial charge in [0, 0.05) is 0 Å². The van der Waals surface area contributed by atoms with Crippen molar-refractivity contribution in [3.05, 3.63) is 61.0 Å². The topological polar surface area (TPSA) is 70.1 Å². The van der Waals surface area contributed by atoms with E-state index >= 15 is 0 Å². The van der Waals surface area contributed by atoms with Gasteiger partial charge in [-0.05, 0) is 31.2 Å². The highest BCUT2D eigenvalue weighted by molar-refractivity contribution is 6.28. The lowest BCUT2D eigenvalue weighted by Gasteiger charge is -2.23. The van der Waals surface area contributed by atoms with Gasteiger partial charge in [0.1, 0.15) is 11.8 Å². The molecule has 6 heteroatoms. The van der Waals surface area contributed by atoms with Gasteiger partial charge in [0.2, 0.25) is 5.91 Å². The van der Waals surface area contributed by atoms with Gasteiger partial charge in [-0.15, -0.1) is 0 Å². The van der Waals surface area contributed by atoms with Gasteiger partial charge in [-0.1, -0.05) is 30.3 Å². The van der Waals surface area contributed by atoms with Crippen molar-refractivity contribution >= 4 is 23.2 Å². The Balaban J connectivity index is 1.90. The molecule has 1 aliphatic rings. The molecule has 1 aliphatic heterocycles. The van der Waals surface area contributed by atoms with Crippen LogP contribution in [0, 0.1) is 6.42 Å². The SMILES string of the molecule is CCOc1ccccc1N1C(=O)[CH]C(N(O)c2ccccc2)C1=O. The second-order valence-corrected chi connectivity index (χ2v) is 5.20. The van der Waals surface area contributed by atoms with E-state index in [1.54, 1.807) is 54.6 Å². The minimum absolute atomic E-state index is 0.370. The summed E-state index contributed by atoms with van der Waals surface area (Å²) in [5.74, 6) is -0.578. The first-order valence-corrected chi connectivity index (χ1v) is 7.61. The van der Waals surface area contributed by atoms with E-state index in [0.29, 0.717) is 23.7 Å². The molecule has 123 valence electrons. The lowest BCUT2D eigenvalue weighted by molar-refractivity contribution is -0.121. The Hall–Kier alpha value is -2.86.